The van der Waals surface area contributed by atoms with Crippen molar-refractivity contribution in [3.63, 3.8) is 0 Å². The number of rotatable bonds is 8. The predicted octanol–water partition coefficient (Wildman–Crippen LogP) is 2.49. The summed E-state index contributed by atoms with van der Waals surface area (Å²) in [5.74, 6) is -0.0561. The van der Waals surface area contributed by atoms with Crippen LogP contribution in [0.4, 0.5) is 5.82 Å². The normalized spacial score (nSPS) is 18.9. The SMILES string of the molecule is CC.CC(C)C[C@H](C(=O)O)[C@H](Cc1ccc(N2CC3(CCNC3)C2)nc1)c1nn[nH]n1. The molecule has 2 aliphatic heterocycles. The Morgan fingerprint density at radius 1 is 1.29 bits per heavy atom. The second-order valence-electron chi connectivity index (χ2n) is 8.96. The quantitative estimate of drug-likeness (QED) is 0.585. The third-order valence-corrected chi connectivity index (χ3v) is 6.19. The summed E-state index contributed by atoms with van der Waals surface area (Å²) in [7, 11) is 0. The Kier molecular flexibility index (Phi) is 7.59. The highest BCUT2D eigenvalue weighted by molar-refractivity contribution is 5.71. The Morgan fingerprint density at radius 3 is 2.58 bits per heavy atom. The third kappa shape index (κ3) is 5.39. The number of carbonyl (C=O) groups is 1. The van der Waals surface area contributed by atoms with E-state index in [1.54, 1.807) is 0 Å². The van der Waals surface area contributed by atoms with Gasteiger partial charge in [-0.1, -0.05) is 39.0 Å². The molecule has 2 atom stereocenters. The molecule has 9 nitrogen and oxygen atoms in total. The average Bonchev–Trinajstić information content (AvgIpc) is 3.43. The molecule has 0 unspecified atom stereocenters. The van der Waals surface area contributed by atoms with Crippen molar-refractivity contribution in [1.82, 2.24) is 30.9 Å². The summed E-state index contributed by atoms with van der Waals surface area (Å²) in [4.78, 5) is 18.9. The molecule has 0 amide bonds. The average molecular weight is 430 g/mol. The van der Waals surface area contributed by atoms with Crippen molar-refractivity contribution in [2.45, 2.75) is 52.9 Å². The van der Waals surface area contributed by atoms with Gasteiger partial charge in [-0.3, -0.25) is 4.79 Å². The van der Waals surface area contributed by atoms with E-state index in [2.05, 4.69) is 35.8 Å². The number of tetrazole rings is 1. The molecule has 0 aliphatic carbocycles. The van der Waals surface area contributed by atoms with E-state index in [4.69, 9.17) is 0 Å². The topological polar surface area (TPSA) is 120 Å². The number of hydrogen-bond donors (Lipinski definition) is 3. The molecule has 3 N–H and O–H groups in total. The van der Waals surface area contributed by atoms with E-state index in [9.17, 15) is 9.90 Å². The van der Waals surface area contributed by atoms with Gasteiger partial charge in [-0.05, 0) is 43.4 Å². The van der Waals surface area contributed by atoms with Gasteiger partial charge in [0.15, 0.2) is 5.82 Å². The van der Waals surface area contributed by atoms with Crippen LogP contribution in [0.3, 0.4) is 0 Å². The van der Waals surface area contributed by atoms with E-state index < -0.39 is 11.9 Å². The predicted molar refractivity (Wildman–Crippen MR) is 119 cm³/mol. The monoisotopic (exact) mass is 429 g/mol. The first kappa shape index (κ1) is 23.1. The summed E-state index contributed by atoms with van der Waals surface area (Å²) in [6.45, 7) is 12.4. The number of aliphatic carboxylic acids is 1. The Bertz CT molecular complexity index is 809. The van der Waals surface area contributed by atoms with Gasteiger partial charge in [0.25, 0.3) is 0 Å². The Hall–Kier alpha value is -2.55. The van der Waals surface area contributed by atoms with Crippen molar-refractivity contribution in [2.75, 3.05) is 31.1 Å². The van der Waals surface area contributed by atoms with Crippen molar-refractivity contribution in [2.24, 2.45) is 17.3 Å². The van der Waals surface area contributed by atoms with Gasteiger partial charge in [-0.2, -0.15) is 5.21 Å². The molecule has 4 heterocycles. The number of carboxylic acid groups (broad SMARTS) is 1. The van der Waals surface area contributed by atoms with E-state index in [-0.39, 0.29) is 11.8 Å². The molecule has 1 spiro atoms. The van der Waals surface area contributed by atoms with Gasteiger partial charge in [-0.25, -0.2) is 4.98 Å². The van der Waals surface area contributed by atoms with Crippen LogP contribution in [-0.4, -0.2) is 62.9 Å². The molecular weight excluding hydrogens is 394 g/mol. The molecule has 0 saturated carbocycles. The molecule has 2 aromatic rings. The van der Waals surface area contributed by atoms with Crippen LogP contribution in [-0.2, 0) is 11.2 Å². The molecule has 2 aliphatic rings. The first-order valence-electron chi connectivity index (χ1n) is 11.3. The van der Waals surface area contributed by atoms with Crippen LogP contribution in [0.2, 0.25) is 0 Å². The van der Waals surface area contributed by atoms with Gasteiger partial charge in [-0.15, -0.1) is 10.2 Å². The fourth-order valence-corrected chi connectivity index (χ4v) is 4.65. The summed E-state index contributed by atoms with van der Waals surface area (Å²) in [6, 6.07) is 4.08. The molecule has 2 fully saturated rings. The zero-order chi connectivity index (χ0) is 22.4. The minimum atomic E-state index is -0.825. The number of aromatic nitrogens is 5. The van der Waals surface area contributed by atoms with Crippen molar-refractivity contribution in [1.29, 1.82) is 0 Å². The van der Waals surface area contributed by atoms with Gasteiger partial charge < -0.3 is 15.3 Å². The minimum absolute atomic E-state index is 0.259. The molecule has 2 aromatic heterocycles. The number of nitrogens with one attached hydrogen (secondary N) is 2. The molecule has 0 bridgehead atoms. The summed E-state index contributed by atoms with van der Waals surface area (Å²) < 4.78 is 0. The Labute approximate surface area is 184 Å². The number of hydrogen-bond acceptors (Lipinski definition) is 7. The molecule has 9 heteroatoms. The molecular formula is C22H35N7O2. The molecule has 31 heavy (non-hydrogen) atoms. The van der Waals surface area contributed by atoms with Gasteiger partial charge >= 0.3 is 5.97 Å². The summed E-state index contributed by atoms with van der Waals surface area (Å²) in [5, 5.41) is 27.5. The number of pyridine rings is 1. The van der Waals surface area contributed by atoms with Gasteiger partial charge in [0.2, 0.25) is 0 Å². The highest BCUT2D eigenvalue weighted by Gasteiger charge is 2.45. The lowest BCUT2D eigenvalue weighted by Gasteiger charge is -2.48. The minimum Gasteiger partial charge on any atom is -0.481 e. The number of H-pyrrole nitrogens is 1. The first-order chi connectivity index (χ1) is 15.0. The van der Waals surface area contributed by atoms with Crippen molar-refractivity contribution in [3.05, 3.63) is 29.7 Å². The van der Waals surface area contributed by atoms with Crippen LogP contribution in [0, 0.1) is 17.3 Å². The van der Waals surface area contributed by atoms with Crippen LogP contribution < -0.4 is 10.2 Å². The second-order valence-corrected chi connectivity index (χ2v) is 8.96. The highest BCUT2D eigenvalue weighted by atomic mass is 16.4. The fraction of sp³-hybridized carbons (Fsp3) is 0.682. The van der Waals surface area contributed by atoms with E-state index in [0.717, 1.165) is 37.6 Å². The van der Waals surface area contributed by atoms with Gasteiger partial charge in [0.1, 0.15) is 5.82 Å². The van der Waals surface area contributed by atoms with Crippen LogP contribution in [0.25, 0.3) is 0 Å². The largest absolute Gasteiger partial charge is 0.481 e. The zero-order valence-corrected chi connectivity index (χ0v) is 19.0. The Balaban J connectivity index is 0.00000132. The van der Waals surface area contributed by atoms with Crippen LogP contribution in [0.1, 0.15) is 57.8 Å². The lowest BCUT2D eigenvalue weighted by atomic mass is 9.79. The summed E-state index contributed by atoms with van der Waals surface area (Å²) in [5.41, 5.74) is 1.41. The van der Waals surface area contributed by atoms with E-state index >= 15 is 0 Å². The zero-order valence-electron chi connectivity index (χ0n) is 19.0. The number of carboxylic acids is 1. The molecule has 170 valence electrons. The van der Waals surface area contributed by atoms with Crippen molar-refractivity contribution in [3.8, 4) is 0 Å². The van der Waals surface area contributed by atoms with E-state index in [0.29, 0.717) is 24.1 Å². The van der Waals surface area contributed by atoms with Crippen LogP contribution in [0.15, 0.2) is 18.3 Å². The number of nitrogens with zero attached hydrogens (tertiary/aromatic N) is 5. The third-order valence-electron chi connectivity index (χ3n) is 6.19. The van der Waals surface area contributed by atoms with Crippen molar-refractivity contribution >= 4 is 11.8 Å². The lowest BCUT2D eigenvalue weighted by Crippen LogP contribution is -2.57. The summed E-state index contributed by atoms with van der Waals surface area (Å²) in [6.07, 6.45) is 4.17. The highest BCUT2D eigenvalue weighted by Crippen LogP contribution is 2.38. The maximum atomic E-state index is 12.0. The molecule has 4 rings (SSSR count). The molecule has 2 saturated heterocycles. The van der Waals surface area contributed by atoms with Crippen LogP contribution >= 0.6 is 0 Å². The summed E-state index contributed by atoms with van der Waals surface area (Å²) >= 11 is 0. The fourth-order valence-electron chi connectivity index (χ4n) is 4.65. The van der Waals surface area contributed by atoms with Gasteiger partial charge in [0, 0.05) is 37.2 Å². The maximum absolute atomic E-state index is 12.0. The number of aromatic amines is 1. The Morgan fingerprint density at radius 2 is 2.06 bits per heavy atom. The standard InChI is InChI=1S/C20H29N7O2.C2H6/c1-13(2)7-16(19(28)29)15(18-23-25-26-24-18)8-14-3-4-17(22-9-14)27-11-20(12-27)5-6-21-10-20;1-2/h3-4,9,13,15-16,21H,5-8,10-12H2,1-2H3,(H,28,29)(H,23,24,25,26);1-2H3/t15-,16-;/m0./s1. The number of anilines is 1. The first-order valence-corrected chi connectivity index (χ1v) is 11.3. The lowest BCUT2D eigenvalue weighted by molar-refractivity contribution is -0.143. The maximum Gasteiger partial charge on any atom is 0.307 e. The van der Waals surface area contributed by atoms with Crippen molar-refractivity contribution < 1.29 is 9.90 Å². The van der Waals surface area contributed by atoms with Crippen LogP contribution in [0.5, 0.6) is 0 Å². The van der Waals surface area contributed by atoms with E-state index in [1.165, 1.54) is 6.42 Å². The smallest absolute Gasteiger partial charge is 0.307 e. The molecule has 0 radical (unpaired) electrons. The second kappa shape index (κ2) is 10.2. The molecule has 0 aromatic carbocycles. The van der Waals surface area contributed by atoms with E-state index in [1.807, 2.05) is 46.0 Å². The van der Waals surface area contributed by atoms with Gasteiger partial charge in [0.05, 0.1) is 5.92 Å².